The molecule has 0 N–H and O–H groups in total. The van der Waals surface area contributed by atoms with Crippen molar-refractivity contribution in [3.8, 4) is 17.2 Å². The Balaban J connectivity index is 1.60. The third-order valence-corrected chi connectivity index (χ3v) is 5.25. The number of carbonyl (C=O) groups is 2. The second-order valence-corrected chi connectivity index (χ2v) is 7.19. The van der Waals surface area contributed by atoms with Crippen LogP contribution in [-0.4, -0.2) is 18.9 Å². The number of benzene rings is 3. The molecule has 5 nitrogen and oxygen atoms in total. The summed E-state index contributed by atoms with van der Waals surface area (Å²) in [6, 6.07) is 18.0. The molecule has 1 aliphatic heterocycles. The lowest BCUT2D eigenvalue weighted by Gasteiger charge is -2.11. The minimum Gasteiger partial charge on any atom is -0.496 e. The molecular weight excluding hydrogens is 392 g/mol. The molecule has 3 aromatic rings. The van der Waals surface area contributed by atoms with Crippen LogP contribution in [0, 0.1) is 6.92 Å². The summed E-state index contributed by atoms with van der Waals surface area (Å²) in [6.07, 6.45) is 2.68. The normalized spacial score (nSPS) is 13.6. The number of ether oxygens (including phenoxy) is 3. The van der Waals surface area contributed by atoms with E-state index in [1.807, 2.05) is 24.3 Å². The van der Waals surface area contributed by atoms with Crippen molar-refractivity contribution in [1.82, 2.24) is 0 Å². The quantitative estimate of drug-likeness (QED) is 0.318. The molecule has 3 aromatic carbocycles. The van der Waals surface area contributed by atoms with Crippen LogP contribution >= 0.6 is 0 Å². The van der Waals surface area contributed by atoms with Crippen LogP contribution in [0.2, 0.25) is 0 Å². The van der Waals surface area contributed by atoms with Gasteiger partial charge in [0.1, 0.15) is 22.8 Å². The van der Waals surface area contributed by atoms with Crippen molar-refractivity contribution in [2.45, 2.75) is 20.3 Å². The second-order valence-electron chi connectivity index (χ2n) is 7.19. The van der Waals surface area contributed by atoms with E-state index in [9.17, 15) is 9.59 Å². The Morgan fingerprint density at radius 1 is 1.00 bits per heavy atom. The van der Waals surface area contributed by atoms with E-state index in [-0.39, 0.29) is 11.5 Å². The summed E-state index contributed by atoms with van der Waals surface area (Å²) in [7, 11) is 1.50. The summed E-state index contributed by atoms with van der Waals surface area (Å²) in [6.45, 7) is 3.85. The zero-order valence-electron chi connectivity index (χ0n) is 17.6. The molecule has 0 fully saturated rings. The van der Waals surface area contributed by atoms with E-state index in [0.717, 1.165) is 12.0 Å². The summed E-state index contributed by atoms with van der Waals surface area (Å²) in [4.78, 5) is 25.4. The molecule has 0 spiro atoms. The molecule has 31 heavy (non-hydrogen) atoms. The smallest absolute Gasteiger partial charge is 0.347 e. The van der Waals surface area contributed by atoms with E-state index >= 15 is 0 Å². The standard InChI is InChI=1S/C26H22O5/c1-4-17-9-11-18(12-10-17)15-23-24(27)20-13-14-21(16(2)25(20)30-23)31-26(28)19-7-5-6-8-22(19)29-3/h5-15H,4H2,1-3H3/b23-15-. The van der Waals surface area contributed by atoms with Crippen molar-refractivity contribution in [2.24, 2.45) is 0 Å². The Morgan fingerprint density at radius 2 is 1.74 bits per heavy atom. The highest BCUT2D eigenvalue weighted by Gasteiger charge is 2.30. The minimum absolute atomic E-state index is 0.194. The molecule has 0 atom stereocenters. The SMILES string of the molecule is CCc1ccc(/C=C2\Oc3c(ccc(OC(=O)c4ccccc4OC)c3C)C2=O)cc1. The molecule has 0 saturated carbocycles. The number of fused-ring (bicyclic) bond motifs is 1. The van der Waals surface area contributed by atoms with Gasteiger partial charge in [0.2, 0.25) is 5.78 Å². The van der Waals surface area contributed by atoms with Gasteiger partial charge in [0, 0.05) is 5.56 Å². The van der Waals surface area contributed by atoms with Gasteiger partial charge in [-0.15, -0.1) is 0 Å². The fraction of sp³-hybridized carbons (Fsp3) is 0.154. The Hall–Kier alpha value is -3.86. The number of esters is 1. The van der Waals surface area contributed by atoms with Crippen molar-refractivity contribution in [3.05, 3.63) is 94.2 Å². The molecular formula is C26H22O5. The topological polar surface area (TPSA) is 61.8 Å². The summed E-state index contributed by atoms with van der Waals surface area (Å²) in [5.41, 5.74) is 3.46. The van der Waals surface area contributed by atoms with E-state index in [4.69, 9.17) is 14.2 Å². The van der Waals surface area contributed by atoms with Crippen LogP contribution in [0.5, 0.6) is 17.2 Å². The molecule has 0 radical (unpaired) electrons. The summed E-state index contributed by atoms with van der Waals surface area (Å²) >= 11 is 0. The number of hydrogen-bond donors (Lipinski definition) is 0. The number of methoxy groups -OCH3 is 1. The first-order valence-corrected chi connectivity index (χ1v) is 10.0. The van der Waals surface area contributed by atoms with Crippen LogP contribution in [0.3, 0.4) is 0 Å². The number of allylic oxidation sites excluding steroid dienone is 1. The lowest BCUT2D eigenvalue weighted by atomic mass is 10.0. The molecule has 5 heteroatoms. The van der Waals surface area contributed by atoms with Crippen LogP contribution in [0.1, 0.15) is 44.3 Å². The fourth-order valence-corrected chi connectivity index (χ4v) is 3.45. The third-order valence-electron chi connectivity index (χ3n) is 5.25. The largest absolute Gasteiger partial charge is 0.496 e. The number of aryl methyl sites for hydroxylation is 1. The van der Waals surface area contributed by atoms with Crippen LogP contribution in [0.15, 0.2) is 66.4 Å². The molecule has 1 heterocycles. The van der Waals surface area contributed by atoms with Gasteiger partial charge < -0.3 is 14.2 Å². The number of para-hydroxylation sites is 1. The maximum atomic E-state index is 12.8. The molecule has 4 rings (SSSR count). The van der Waals surface area contributed by atoms with Gasteiger partial charge in [-0.1, -0.05) is 43.3 Å². The summed E-state index contributed by atoms with van der Waals surface area (Å²) in [5, 5.41) is 0. The van der Waals surface area contributed by atoms with Gasteiger partial charge in [-0.3, -0.25) is 4.79 Å². The van der Waals surface area contributed by atoms with Crippen molar-refractivity contribution < 1.29 is 23.8 Å². The number of hydrogen-bond acceptors (Lipinski definition) is 5. The number of ketones is 1. The number of carbonyl (C=O) groups excluding carboxylic acids is 2. The highest BCUT2D eigenvalue weighted by molar-refractivity contribution is 6.15. The Kier molecular flexibility index (Phi) is 5.58. The van der Waals surface area contributed by atoms with E-state index in [0.29, 0.717) is 33.9 Å². The molecule has 0 saturated heterocycles. The zero-order valence-corrected chi connectivity index (χ0v) is 17.6. The predicted octanol–water partition coefficient (Wildman–Crippen LogP) is 5.40. The van der Waals surface area contributed by atoms with Gasteiger partial charge in [-0.25, -0.2) is 4.79 Å². The van der Waals surface area contributed by atoms with Crippen LogP contribution < -0.4 is 14.2 Å². The van der Waals surface area contributed by atoms with Crippen LogP contribution in [-0.2, 0) is 6.42 Å². The average Bonchev–Trinajstić information content (AvgIpc) is 3.12. The lowest BCUT2D eigenvalue weighted by molar-refractivity contribution is 0.0729. The van der Waals surface area contributed by atoms with Gasteiger partial charge in [-0.05, 0) is 54.8 Å². The minimum atomic E-state index is -0.545. The van der Waals surface area contributed by atoms with Crippen LogP contribution in [0.4, 0.5) is 0 Å². The maximum Gasteiger partial charge on any atom is 0.347 e. The van der Waals surface area contributed by atoms with Crippen molar-refractivity contribution in [1.29, 1.82) is 0 Å². The van der Waals surface area contributed by atoms with E-state index in [2.05, 4.69) is 6.92 Å². The monoisotopic (exact) mass is 414 g/mol. The predicted molar refractivity (Wildman–Crippen MR) is 118 cm³/mol. The molecule has 0 aliphatic carbocycles. The van der Waals surface area contributed by atoms with Crippen molar-refractivity contribution in [2.75, 3.05) is 7.11 Å². The fourth-order valence-electron chi connectivity index (χ4n) is 3.45. The molecule has 0 unspecified atom stereocenters. The van der Waals surface area contributed by atoms with Gasteiger partial charge >= 0.3 is 5.97 Å². The molecule has 1 aliphatic rings. The van der Waals surface area contributed by atoms with Crippen LogP contribution in [0.25, 0.3) is 6.08 Å². The molecule has 0 bridgehead atoms. The molecule has 0 aromatic heterocycles. The van der Waals surface area contributed by atoms with Gasteiger partial charge in [-0.2, -0.15) is 0 Å². The molecule has 0 amide bonds. The van der Waals surface area contributed by atoms with E-state index in [1.54, 1.807) is 49.4 Å². The average molecular weight is 414 g/mol. The number of rotatable bonds is 5. The Labute approximate surface area is 180 Å². The molecule has 156 valence electrons. The first kappa shape index (κ1) is 20.4. The third kappa shape index (κ3) is 3.94. The highest BCUT2D eigenvalue weighted by Crippen LogP contribution is 2.39. The Bertz CT molecular complexity index is 1190. The first-order chi connectivity index (χ1) is 15.0. The zero-order chi connectivity index (χ0) is 22.0. The van der Waals surface area contributed by atoms with Crippen molar-refractivity contribution >= 4 is 17.8 Å². The summed E-state index contributed by atoms with van der Waals surface area (Å²) < 4.78 is 16.7. The van der Waals surface area contributed by atoms with E-state index < -0.39 is 5.97 Å². The van der Waals surface area contributed by atoms with Gasteiger partial charge in [0.15, 0.2) is 5.76 Å². The van der Waals surface area contributed by atoms with E-state index in [1.165, 1.54) is 12.7 Å². The number of Topliss-reactive ketones (excluding diaryl/α,β-unsaturated/α-hetero) is 1. The van der Waals surface area contributed by atoms with Gasteiger partial charge in [0.25, 0.3) is 0 Å². The highest BCUT2D eigenvalue weighted by atomic mass is 16.5. The summed E-state index contributed by atoms with van der Waals surface area (Å²) in [5.74, 6) is 0.673. The first-order valence-electron chi connectivity index (χ1n) is 10.0. The second kappa shape index (κ2) is 8.48. The van der Waals surface area contributed by atoms with Crippen molar-refractivity contribution in [3.63, 3.8) is 0 Å². The Morgan fingerprint density at radius 3 is 2.45 bits per heavy atom. The van der Waals surface area contributed by atoms with Gasteiger partial charge in [0.05, 0.1) is 12.7 Å². The maximum absolute atomic E-state index is 12.8. The lowest BCUT2D eigenvalue weighted by Crippen LogP contribution is -2.11.